The number of nitrogens with zero attached hydrogens (tertiary/aromatic N) is 10. The molecule has 55 heavy (non-hydrogen) atoms. The Labute approximate surface area is 326 Å². The SMILES string of the molecule is CC#N.CC#N.F[B-](F)(F)F.F[B-](F)(F)F.[Pd+2].c1ccc(Cc2cn(Cc3ccccn3)nn2)cc1.c1ccc(Cc2cn(Cc3ccccn3)nn2)cc1. The Morgan fingerprint density at radius 2 is 0.800 bits per heavy atom. The Bertz CT molecular complexity index is 1660. The van der Waals surface area contributed by atoms with Crippen molar-refractivity contribution >= 4 is 14.5 Å². The van der Waals surface area contributed by atoms with Crippen molar-refractivity contribution in [1.82, 2.24) is 40.0 Å². The summed E-state index contributed by atoms with van der Waals surface area (Å²) in [7, 11) is -12.0. The van der Waals surface area contributed by atoms with Crippen LogP contribution in [0.25, 0.3) is 0 Å². The molecule has 0 aliphatic heterocycles. The molecular weight excluding hydrogens is 828 g/mol. The molecule has 0 atom stereocenters. The summed E-state index contributed by atoms with van der Waals surface area (Å²) in [6.07, 6.45) is 9.14. The van der Waals surface area contributed by atoms with E-state index < -0.39 is 14.5 Å². The van der Waals surface area contributed by atoms with Gasteiger partial charge >= 0.3 is 34.9 Å². The molecule has 4 heterocycles. The average Bonchev–Trinajstić information content (AvgIpc) is 3.75. The van der Waals surface area contributed by atoms with E-state index in [-0.39, 0.29) is 20.4 Å². The molecule has 0 bridgehead atoms. The van der Waals surface area contributed by atoms with E-state index in [1.165, 1.54) is 25.0 Å². The number of hydrogen-bond acceptors (Lipinski definition) is 8. The third kappa shape index (κ3) is 28.4. The summed E-state index contributed by atoms with van der Waals surface area (Å²) in [4.78, 5) is 8.56. The molecule has 292 valence electrons. The fraction of sp³-hybridized carbons (Fsp3) is 0.176. The van der Waals surface area contributed by atoms with Gasteiger partial charge in [0.1, 0.15) is 0 Å². The molecule has 0 aliphatic rings. The summed E-state index contributed by atoms with van der Waals surface area (Å²) in [5, 5.41) is 31.3. The number of rotatable bonds is 8. The third-order valence-corrected chi connectivity index (χ3v) is 5.73. The maximum Gasteiger partial charge on any atom is 2.00 e. The van der Waals surface area contributed by atoms with Gasteiger partial charge in [-0.05, 0) is 35.4 Å². The molecule has 0 saturated heterocycles. The molecule has 0 aliphatic carbocycles. The molecule has 0 N–H and O–H groups in total. The number of pyridine rings is 2. The summed E-state index contributed by atoms with van der Waals surface area (Å²) < 4.78 is 81.6. The molecule has 0 spiro atoms. The van der Waals surface area contributed by atoms with Crippen LogP contribution in [0.3, 0.4) is 0 Å². The minimum absolute atomic E-state index is 0. The van der Waals surface area contributed by atoms with Crippen molar-refractivity contribution in [2.75, 3.05) is 0 Å². The maximum atomic E-state index is 9.75. The number of benzene rings is 2. The van der Waals surface area contributed by atoms with Gasteiger partial charge in [0.05, 0.1) is 48.0 Å². The molecule has 2 aromatic carbocycles. The number of aromatic nitrogens is 8. The van der Waals surface area contributed by atoms with Crippen LogP contribution in [0, 0.1) is 22.7 Å². The molecule has 0 saturated carbocycles. The van der Waals surface area contributed by atoms with Gasteiger partial charge in [-0.3, -0.25) is 9.97 Å². The van der Waals surface area contributed by atoms with Crippen molar-refractivity contribution in [2.45, 2.75) is 39.8 Å². The second-order valence-electron chi connectivity index (χ2n) is 10.2. The first-order valence-electron chi connectivity index (χ1n) is 15.7. The first-order chi connectivity index (χ1) is 25.6. The largest absolute Gasteiger partial charge is 2.00 e. The van der Waals surface area contributed by atoms with Gasteiger partial charge in [0.2, 0.25) is 0 Å². The second kappa shape index (κ2) is 27.8. The van der Waals surface area contributed by atoms with Gasteiger partial charge in [-0.1, -0.05) is 83.2 Å². The van der Waals surface area contributed by atoms with Crippen LogP contribution in [0.2, 0.25) is 0 Å². The van der Waals surface area contributed by atoms with Crippen LogP contribution in [-0.4, -0.2) is 54.5 Å². The molecule has 10 nitrogen and oxygen atoms in total. The molecular formula is C34H34B2F8N10Pd. The zero-order valence-electron chi connectivity index (χ0n) is 29.3. The first kappa shape index (κ1) is 49.2. The van der Waals surface area contributed by atoms with E-state index >= 15 is 0 Å². The van der Waals surface area contributed by atoms with E-state index in [1.54, 1.807) is 24.5 Å². The van der Waals surface area contributed by atoms with Crippen LogP contribution in [-0.2, 0) is 46.4 Å². The number of hydrogen-bond donors (Lipinski definition) is 0. The van der Waals surface area contributed by atoms with E-state index in [9.17, 15) is 34.5 Å². The summed E-state index contributed by atoms with van der Waals surface area (Å²) in [5.41, 5.74) is 6.40. The maximum absolute atomic E-state index is 9.75. The quantitative estimate of drug-likeness (QED) is 0.110. The summed E-state index contributed by atoms with van der Waals surface area (Å²) >= 11 is 0. The van der Waals surface area contributed by atoms with Crippen molar-refractivity contribution in [3.05, 3.63) is 156 Å². The topological polar surface area (TPSA) is 135 Å². The van der Waals surface area contributed by atoms with Gasteiger partial charge in [0.15, 0.2) is 0 Å². The van der Waals surface area contributed by atoms with E-state index in [0.717, 1.165) is 35.6 Å². The smallest absolute Gasteiger partial charge is 0.418 e. The van der Waals surface area contributed by atoms with Crippen molar-refractivity contribution in [3.8, 4) is 12.1 Å². The predicted octanol–water partition coefficient (Wildman–Crippen LogP) is 8.28. The van der Waals surface area contributed by atoms with Gasteiger partial charge in [0.25, 0.3) is 0 Å². The standard InChI is InChI=1S/2C15H14N4.2C2H3N.2BF4.Pd/c2*1-2-6-13(7-3-1)10-15-12-19(18-17-15)11-14-8-4-5-9-16-14;2*1-2-3;2*2-1(3,4)5;/h2*1-9,12H,10-11H2;2*1H3;;;/q;;;;2*-1;+2. The second-order valence-corrected chi connectivity index (χ2v) is 10.2. The van der Waals surface area contributed by atoms with E-state index in [0.29, 0.717) is 13.1 Å². The van der Waals surface area contributed by atoms with Gasteiger partial charge < -0.3 is 34.5 Å². The minimum atomic E-state index is -6.00. The van der Waals surface area contributed by atoms with Crippen LogP contribution in [0.1, 0.15) is 47.8 Å². The van der Waals surface area contributed by atoms with E-state index in [1.807, 2.05) is 94.6 Å². The Morgan fingerprint density at radius 3 is 1.07 bits per heavy atom. The Morgan fingerprint density at radius 1 is 0.509 bits per heavy atom. The van der Waals surface area contributed by atoms with Crippen LogP contribution >= 0.6 is 0 Å². The molecule has 4 aromatic heterocycles. The Balaban J connectivity index is 0.000000758. The van der Waals surface area contributed by atoms with E-state index in [2.05, 4.69) is 54.9 Å². The van der Waals surface area contributed by atoms with Gasteiger partial charge in [-0.2, -0.15) is 10.5 Å². The summed E-state index contributed by atoms with van der Waals surface area (Å²) in [5.74, 6) is 0. The van der Waals surface area contributed by atoms with Crippen molar-refractivity contribution < 1.29 is 54.9 Å². The Kier molecular flexibility index (Phi) is 24.9. The molecule has 6 rings (SSSR count). The van der Waals surface area contributed by atoms with Crippen molar-refractivity contribution in [1.29, 1.82) is 10.5 Å². The zero-order valence-corrected chi connectivity index (χ0v) is 30.9. The molecule has 0 fully saturated rings. The third-order valence-electron chi connectivity index (χ3n) is 5.73. The number of halogens is 8. The minimum Gasteiger partial charge on any atom is -0.418 e. The van der Waals surface area contributed by atoms with Crippen molar-refractivity contribution in [2.24, 2.45) is 0 Å². The number of nitriles is 2. The molecule has 21 heteroatoms. The van der Waals surface area contributed by atoms with Gasteiger partial charge in [-0.15, -0.1) is 10.2 Å². The molecule has 6 aromatic rings. The molecule has 0 radical (unpaired) electrons. The molecule has 0 amide bonds. The van der Waals surface area contributed by atoms with Crippen LogP contribution < -0.4 is 0 Å². The van der Waals surface area contributed by atoms with Crippen LogP contribution in [0.4, 0.5) is 34.5 Å². The average molecular weight is 863 g/mol. The monoisotopic (exact) mass is 862 g/mol. The zero-order chi connectivity index (χ0) is 40.2. The fourth-order valence-electron chi connectivity index (χ4n) is 3.92. The Hall–Kier alpha value is -5.77. The normalized spacial score (nSPS) is 9.75. The van der Waals surface area contributed by atoms with Gasteiger partial charge in [-0.25, -0.2) is 9.36 Å². The van der Waals surface area contributed by atoms with Crippen LogP contribution in [0.15, 0.2) is 122 Å². The summed E-state index contributed by atoms with van der Waals surface area (Å²) in [6, 6.07) is 35.8. The van der Waals surface area contributed by atoms with E-state index in [4.69, 9.17) is 10.5 Å². The predicted molar refractivity (Wildman–Crippen MR) is 188 cm³/mol. The fourth-order valence-corrected chi connectivity index (χ4v) is 3.92. The van der Waals surface area contributed by atoms with Gasteiger partial charge in [0, 0.05) is 51.5 Å². The first-order valence-corrected chi connectivity index (χ1v) is 15.7. The molecule has 0 unspecified atom stereocenters. The van der Waals surface area contributed by atoms with Crippen LogP contribution in [0.5, 0.6) is 0 Å². The van der Waals surface area contributed by atoms with Crippen molar-refractivity contribution in [3.63, 3.8) is 0 Å². The summed E-state index contributed by atoms with van der Waals surface area (Å²) in [6.45, 7) is 4.17.